The van der Waals surface area contributed by atoms with Gasteiger partial charge in [-0.2, -0.15) is 21.6 Å². The molecule has 0 saturated carbocycles. The Labute approximate surface area is 243 Å². The van der Waals surface area contributed by atoms with Crippen molar-refractivity contribution in [2.45, 2.75) is 26.8 Å². The minimum atomic E-state index is -5.78. The van der Waals surface area contributed by atoms with Gasteiger partial charge in [-0.25, -0.2) is 0 Å². The Balaban J connectivity index is 0.000000270. The van der Waals surface area contributed by atoms with Crippen LogP contribution in [0.25, 0.3) is 43.9 Å². The van der Waals surface area contributed by atoms with Crippen LogP contribution in [0.4, 0.5) is 17.9 Å². The van der Waals surface area contributed by atoms with Crippen molar-refractivity contribution in [2.75, 3.05) is 0 Å². The number of aromatic hydroxyl groups is 1. The number of hydrogen-bond acceptors (Lipinski definition) is 6. The van der Waals surface area contributed by atoms with Gasteiger partial charge in [0.25, 0.3) is 0 Å². The van der Waals surface area contributed by atoms with E-state index in [1.807, 2.05) is 24.3 Å². The van der Waals surface area contributed by atoms with Crippen molar-refractivity contribution < 1.29 is 45.8 Å². The molecule has 0 amide bonds. The van der Waals surface area contributed by atoms with E-state index >= 15 is 0 Å². The van der Waals surface area contributed by atoms with E-state index in [2.05, 4.69) is 4.18 Å². The van der Waals surface area contributed by atoms with Crippen LogP contribution in [0.3, 0.4) is 0 Å². The van der Waals surface area contributed by atoms with Crippen molar-refractivity contribution in [1.82, 2.24) is 0 Å². The van der Waals surface area contributed by atoms with Crippen LogP contribution in [0.1, 0.15) is 22.6 Å². The number of benzene rings is 4. The predicted molar refractivity (Wildman–Crippen MR) is 155 cm³/mol. The Morgan fingerprint density at radius 3 is 1.78 bits per heavy atom. The van der Waals surface area contributed by atoms with E-state index in [0.717, 1.165) is 16.8 Å². The maximum absolute atomic E-state index is 12.4. The fourth-order valence-corrected chi connectivity index (χ4v) is 4.80. The summed E-state index contributed by atoms with van der Waals surface area (Å²) in [6, 6.07) is 19.4. The Hall–Kier alpha value is -3.67. The van der Waals surface area contributed by atoms with Crippen molar-refractivity contribution in [3.05, 3.63) is 82.8 Å². The van der Waals surface area contributed by atoms with Gasteiger partial charge in [-0.3, -0.25) is 4.70 Å². The Morgan fingerprint density at radius 1 is 0.829 bits per heavy atom. The first-order chi connectivity index (χ1) is 18.9. The fourth-order valence-electron chi connectivity index (χ4n) is 3.80. The van der Waals surface area contributed by atoms with E-state index in [0.29, 0.717) is 44.5 Å². The largest absolute Gasteiger partial charge is 0.534 e. The number of alkyl halides is 3. The normalized spacial score (nSPS) is 11.5. The number of phenols is 1. The summed E-state index contributed by atoms with van der Waals surface area (Å²) in [5.41, 5.74) is -4.17. The third-order valence-corrected chi connectivity index (χ3v) is 6.97. The third-order valence-electron chi connectivity index (χ3n) is 5.37. The van der Waals surface area contributed by atoms with Gasteiger partial charge in [0.2, 0.25) is 0 Å². The maximum atomic E-state index is 12.4. The fraction of sp³-hybridized carbons (Fsp3) is 0.143. The molecule has 0 fully saturated rings. The topological polar surface area (TPSA) is 89.9 Å². The second-order valence-corrected chi connectivity index (χ2v) is 10.1. The molecule has 6 nitrogen and oxygen atoms in total. The van der Waals surface area contributed by atoms with Gasteiger partial charge in [0, 0.05) is 22.9 Å². The summed E-state index contributed by atoms with van der Waals surface area (Å²) in [5, 5.41) is 13.1. The summed E-state index contributed by atoms with van der Waals surface area (Å²) in [5.74, 6) is -0.415. The molecule has 0 saturated heterocycles. The second kappa shape index (κ2) is 12.9. The molecule has 0 aliphatic rings. The quantitative estimate of drug-likeness (QED) is 0.116. The molecule has 13 heteroatoms. The minimum absolute atomic E-state index is 0. The van der Waals surface area contributed by atoms with E-state index in [1.54, 1.807) is 43.3 Å². The van der Waals surface area contributed by atoms with Crippen LogP contribution < -0.4 is 4.18 Å². The number of halogens is 6. The molecular weight excluding hydrogens is 611 g/mol. The van der Waals surface area contributed by atoms with Crippen LogP contribution in [0.15, 0.2) is 81.6 Å². The molecule has 4 aromatic carbocycles. The molecule has 2 aromatic heterocycles. The smallest absolute Gasteiger partial charge is 0.504 e. The zero-order chi connectivity index (χ0) is 29.2. The zero-order valence-corrected chi connectivity index (χ0v) is 22.7. The molecule has 0 atom stereocenters. The molecule has 0 aliphatic carbocycles. The molecule has 0 radical (unpaired) electrons. The van der Waals surface area contributed by atoms with Gasteiger partial charge >= 0.3 is 15.6 Å². The van der Waals surface area contributed by atoms with Gasteiger partial charge < -0.3 is 18.1 Å². The Kier molecular flexibility index (Phi) is 10.0. The SMILES string of the molecule is C.F.O=S(=O)(Oc1cccc2c1oc1cccc(Cl)c12)C(F)(F)F.Oc1cccc2c1oc1cccc(Cl)c12.[2H]CC. The summed E-state index contributed by atoms with van der Waals surface area (Å²) in [6.45, 7) is 2.29. The zero-order valence-electron chi connectivity index (χ0n) is 21.3. The molecule has 6 aromatic rings. The molecule has 220 valence electrons. The van der Waals surface area contributed by atoms with Crippen LogP contribution in [-0.4, -0.2) is 19.0 Å². The first-order valence-corrected chi connectivity index (χ1v) is 13.2. The lowest BCUT2D eigenvalue weighted by atomic mass is 10.1. The number of hydrogen-bond donors (Lipinski definition) is 1. The molecule has 0 spiro atoms. The summed E-state index contributed by atoms with van der Waals surface area (Å²) in [4.78, 5) is 0. The van der Waals surface area contributed by atoms with Crippen molar-refractivity contribution in [3.63, 3.8) is 0 Å². The van der Waals surface area contributed by atoms with E-state index in [-0.39, 0.29) is 23.5 Å². The lowest BCUT2D eigenvalue weighted by molar-refractivity contribution is -0.0499. The summed E-state index contributed by atoms with van der Waals surface area (Å²) in [7, 11) is -5.78. The third kappa shape index (κ3) is 6.32. The highest BCUT2D eigenvalue weighted by molar-refractivity contribution is 7.88. The van der Waals surface area contributed by atoms with Crippen LogP contribution in [-0.2, 0) is 10.1 Å². The maximum Gasteiger partial charge on any atom is 0.534 e. The van der Waals surface area contributed by atoms with Gasteiger partial charge in [0.15, 0.2) is 22.7 Å². The molecule has 2 heterocycles. The van der Waals surface area contributed by atoms with Crippen molar-refractivity contribution in [3.8, 4) is 11.5 Å². The molecule has 0 bridgehead atoms. The van der Waals surface area contributed by atoms with E-state index < -0.39 is 21.4 Å². The number of rotatable bonds is 2. The van der Waals surface area contributed by atoms with Gasteiger partial charge in [0.1, 0.15) is 11.2 Å². The van der Waals surface area contributed by atoms with Gasteiger partial charge in [-0.05, 0) is 36.4 Å². The first-order valence-electron chi connectivity index (χ1n) is 11.8. The molecule has 41 heavy (non-hydrogen) atoms. The monoisotopic (exact) mass is 635 g/mol. The average Bonchev–Trinajstić information content (AvgIpc) is 3.46. The molecule has 0 aliphatic heterocycles. The molecule has 0 unspecified atom stereocenters. The highest BCUT2D eigenvalue weighted by atomic mass is 35.5. The summed E-state index contributed by atoms with van der Waals surface area (Å²) >= 11 is 12.1. The highest BCUT2D eigenvalue weighted by Crippen LogP contribution is 2.40. The lowest BCUT2D eigenvalue weighted by Crippen LogP contribution is -2.28. The summed E-state index contributed by atoms with van der Waals surface area (Å²) in [6.07, 6.45) is 0. The highest BCUT2D eigenvalue weighted by Gasteiger charge is 2.49. The summed E-state index contributed by atoms with van der Waals surface area (Å²) < 4.78 is 80.8. The van der Waals surface area contributed by atoms with Crippen molar-refractivity contribution in [1.29, 1.82) is 0 Å². The lowest BCUT2D eigenvalue weighted by Gasteiger charge is -2.09. The molecule has 1 N–H and O–H groups in total. The van der Waals surface area contributed by atoms with E-state index in [1.165, 1.54) is 6.07 Å². The van der Waals surface area contributed by atoms with Gasteiger partial charge in [0.05, 0.1) is 10.0 Å². The Morgan fingerprint density at radius 2 is 1.27 bits per heavy atom. The van der Waals surface area contributed by atoms with Crippen LogP contribution in [0.5, 0.6) is 11.5 Å². The van der Waals surface area contributed by atoms with Crippen molar-refractivity contribution >= 4 is 77.2 Å². The van der Waals surface area contributed by atoms with Crippen LogP contribution in [0, 0.1) is 0 Å². The second-order valence-electron chi connectivity index (χ2n) is 7.70. The minimum Gasteiger partial charge on any atom is -0.504 e. The first kappa shape index (κ1) is 31.9. The Bertz CT molecular complexity index is 1940. The van der Waals surface area contributed by atoms with Crippen LogP contribution >= 0.6 is 23.2 Å². The molecule has 6 rings (SSSR count). The van der Waals surface area contributed by atoms with Crippen LogP contribution in [0.2, 0.25) is 10.0 Å². The standard InChI is InChI=1S/C13H6ClF3O4S.C12H7ClO2.C2H6.CH4.FH/c14-8-4-2-5-9-11(8)7-3-1-6-10(12(7)20-9)21-22(18,19)13(15,16)17;13-8-4-2-6-10-11(8)7-3-1-5-9(14)12(7)15-10;1-2;;/h1-6H;1-6,14H;1-2H3;1H4;1H/i;;1D;;. The van der Waals surface area contributed by atoms with E-state index in [9.17, 15) is 26.7 Å². The number of furan rings is 2. The van der Waals surface area contributed by atoms with E-state index in [4.69, 9.17) is 33.4 Å². The molecular formula is C28H24Cl2F4O6S. The van der Waals surface area contributed by atoms with Crippen molar-refractivity contribution in [2.24, 2.45) is 0 Å². The number of para-hydroxylation sites is 2. The number of phenolic OH excluding ortho intramolecular Hbond substituents is 1. The average molecular weight is 636 g/mol. The number of fused-ring (bicyclic) bond motifs is 6. The van der Waals surface area contributed by atoms with Gasteiger partial charge in [-0.15, -0.1) is 0 Å². The van der Waals surface area contributed by atoms with Gasteiger partial charge in [-0.1, -0.05) is 80.9 Å². The predicted octanol–water partition coefficient (Wildman–Crippen LogP) is 10.2.